The number of pyridine rings is 1. The van der Waals surface area contributed by atoms with Crippen LogP contribution in [0.1, 0.15) is 44.0 Å². The number of nitrogens with zero attached hydrogens (tertiary/aromatic N) is 4. The lowest BCUT2D eigenvalue weighted by Crippen LogP contribution is -2.35. The summed E-state index contributed by atoms with van der Waals surface area (Å²) in [6.07, 6.45) is 5.71. The summed E-state index contributed by atoms with van der Waals surface area (Å²) < 4.78 is 2.49. The minimum atomic E-state index is 0.563. The minimum Gasteiger partial charge on any atom is -0.308 e. The van der Waals surface area contributed by atoms with Gasteiger partial charge in [-0.25, -0.2) is 9.97 Å². The van der Waals surface area contributed by atoms with Crippen molar-refractivity contribution in [1.82, 2.24) is 19.4 Å². The van der Waals surface area contributed by atoms with Crippen LogP contribution in [0.2, 0.25) is 0 Å². The fraction of sp³-hybridized carbons (Fsp3) is 0.647. The Morgan fingerprint density at radius 1 is 1.36 bits per heavy atom. The zero-order valence-electron chi connectivity index (χ0n) is 13.2. The second-order valence-corrected chi connectivity index (χ2v) is 7.59. The van der Waals surface area contributed by atoms with Gasteiger partial charge < -0.3 is 9.47 Å². The number of fused-ring (bicyclic) bond motifs is 1. The van der Waals surface area contributed by atoms with E-state index in [1.54, 1.807) is 0 Å². The molecule has 0 saturated carbocycles. The molecule has 0 radical (unpaired) electrons. The molecule has 118 valence electrons. The third-order valence-electron chi connectivity index (χ3n) is 5.06. The predicted octanol–water partition coefficient (Wildman–Crippen LogP) is 3.31. The number of hydrogen-bond donors (Lipinski definition) is 0. The molecule has 2 atom stereocenters. The molecule has 2 aliphatic rings. The number of likely N-dealkylation sites (tertiary alicyclic amines) is 1. The van der Waals surface area contributed by atoms with Crippen molar-refractivity contribution in [2.75, 3.05) is 31.1 Å². The molecule has 2 unspecified atom stereocenters. The Bertz CT molecular complexity index is 647. The highest BCUT2D eigenvalue weighted by Crippen LogP contribution is 2.36. The SMILES string of the molecule is CCN1CCCC(c2nc3cccnc3n2C2CCSC2)C1. The van der Waals surface area contributed by atoms with Crippen LogP contribution in [-0.4, -0.2) is 50.6 Å². The lowest BCUT2D eigenvalue weighted by molar-refractivity contribution is 0.211. The molecule has 0 amide bonds. The Morgan fingerprint density at radius 3 is 3.14 bits per heavy atom. The van der Waals surface area contributed by atoms with Gasteiger partial charge in [0, 0.05) is 30.5 Å². The smallest absolute Gasteiger partial charge is 0.160 e. The number of likely N-dealkylation sites (N-methyl/N-ethyl adjacent to an activating group) is 1. The maximum Gasteiger partial charge on any atom is 0.160 e. The molecule has 0 N–H and O–H groups in total. The predicted molar refractivity (Wildman–Crippen MR) is 92.6 cm³/mol. The van der Waals surface area contributed by atoms with E-state index in [-0.39, 0.29) is 0 Å². The Morgan fingerprint density at radius 2 is 2.32 bits per heavy atom. The van der Waals surface area contributed by atoms with Crippen LogP contribution in [0.25, 0.3) is 11.2 Å². The average molecular weight is 316 g/mol. The number of piperidine rings is 1. The average Bonchev–Trinajstić information content (AvgIpc) is 3.21. The summed E-state index contributed by atoms with van der Waals surface area (Å²) in [5.74, 6) is 4.33. The monoisotopic (exact) mass is 316 g/mol. The number of hydrogen-bond acceptors (Lipinski definition) is 4. The van der Waals surface area contributed by atoms with Crippen LogP contribution in [0.5, 0.6) is 0 Å². The topological polar surface area (TPSA) is 34.0 Å². The molecule has 2 fully saturated rings. The van der Waals surface area contributed by atoms with E-state index >= 15 is 0 Å². The van der Waals surface area contributed by atoms with E-state index in [1.807, 2.05) is 12.3 Å². The van der Waals surface area contributed by atoms with Crippen LogP contribution < -0.4 is 0 Å². The molecule has 4 nitrogen and oxygen atoms in total. The van der Waals surface area contributed by atoms with Crippen LogP contribution in [0.15, 0.2) is 18.3 Å². The highest BCUT2D eigenvalue weighted by atomic mass is 32.2. The molecule has 2 aliphatic heterocycles. The molecule has 0 bridgehead atoms. The van der Waals surface area contributed by atoms with Gasteiger partial charge in [0.05, 0.1) is 0 Å². The van der Waals surface area contributed by atoms with Crippen molar-refractivity contribution in [1.29, 1.82) is 0 Å². The highest BCUT2D eigenvalue weighted by Gasteiger charge is 2.30. The molecule has 2 aromatic heterocycles. The summed E-state index contributed by atoms with van der Waals surface area (Å²) in [5.41, 5.74) is 2.17. The van der Waals surface area contributed by atoms with Gasteiger partial charge >= 0.3 is 0 Å². The van der Waals surface area contributed by atoms with E-state index in [9.17, 15) is 0 Å². The fourth-order valence-electron chi connectivity index (χ4n) is 3.87. The molecule has 2 saturated heterocycles. The van der Waals surface area contributed by atoms with E-state index in [2.05, 4.69) is 39.2 Å². The van der Waals surface area contributed by atoms with Crippen molar-refractivity contribution < 1.29 is 0 Å². The van der Waals surface area contributed by atoms with Crippen molar-refractivity contribution in [3.63, 3.8) is 0 Å². The third kappa shape index (κ3) is 2.54. The molecule has 4 rings (SSSR count). The largest absolute Gasteiger partial charge is 0.308 e. The van der Waals surface area contributed by atoms with Gasteiger partial charge in [-0.05, 0) is 50.2 Å². The minimum absolute atomic E-state index is 0.563. The van der Waals surface area contributed by atoms with E-state index in [0.29, 0.717) is 12.0 Å². The Labute approximate surface area is 136 Å². The lowest BCUT2D eigenvalue weighted by Gasteiger charge is -2.32. The molecule has 4 heterocycles. The Hall–Kier alpha value is -1.07. The number of rotatable bonds is 3. The summed E-state index contributed by atoms with van der Waals surface area (Å²) >= 11 is 2.06. The maximum atomic E-state index is 5.01. The zero-order valence-corrected chi connectivity index (χ0v) is 14.1. The fourth-order valence-corrected chi connectivity index (χ4v) is 5.07. The molecule has 2 aromatic rings. The first-order valence-electron chi connectivity index (χ1n) is 8.49. The van der Waals surface area contributed by atoms with E-state index in [0.717, 1.165) is 24.3 Å². The van der Waals surface area contributed by atoms with Crippen LogP contribution in [0.3, 0.4) is 0 Å². The summed E-state index contributed by atoms with van der Waals surface area (Å²) in [5, 5.41) is 0. The van der Waals surface area contributed by atoms with Gasteiger partial charge in [0.15, 0.2) is 5.65 Å². The number of imidazole rings is 1. The van der Waals surface area contributed by atoms with E-state index in [1.165, 1.54) is 43.1 Å². The van der Waals surface area contributed by atoms with Gasteiger partial charge in [0.25, 0.3) is 0 Å². The molecule has 0 aromatic carbocycles. The quantitative estimate of drug-likeness (QED) is 0.870. The van der Waals surface area contributed by atoms with Crippen molar-refractivity contribution in [3.05, 3.63) is 24.2 Å². The van der Waals surface area contributed by atoms with Crippen LogP contribution in [-0.2, 0) is 0 Å². The Kier molecular flexibility index (Phi) is 4.09. The third-order valence-corrected chi connectivity index (χ3v) is 6.21. The van der Waals surface area contributed by atoms with Gasteiger partial charge in [0.2, 0.25) is 0 Å². The van der Waals surface area contributed by atoms with E-state index < -0.39 is 0 Å². The van der Waals surface area contributed by atoms with Crippen LogP contribution in [0.4, 0.5) is 0 Å². The maximum absolute atomic E-state index is 5.01. The van der Waals surface area contributed by atoms with Gasteiger partial charge in [-0.3, -0.25) is 0 Å². The summed E-state index contributed by atoms with van der Waals surface area (Å²) in [6.45, 7) is 5.80. The van der Waals surface area contributed by atoms with Gasteiger partial charge in [-0.2, -0.15) is 11.8 Å². The first-order chi connectivity index (χ1) is 10.9. The normalized spacial score (nSPS) is 26.8. The number of aromatic nitrogens is 3. The molecular formula is C17H24N4S. The van der Waals surface area contributed by atoms with Gasteiger partial charge in [0.1, 0.15) is 11.3 Å². The molecule has 5 heteroatoms. The van der Waals surface area contributed by atoms with Crippen molar-refractivity contribution in [2.45, 2.75) is 38.1 Å². The second-order valence-electron chi connectivity index (χ2n) is 6.44. The van der Waals surface area contributed by atoms with Crippen molar-refractivity contribution >= 4 is 22.9 Å². The van der Waals surface area contributed by atoms with Gasteiger partial charge in [-0.1, -0.05) is 6.92 Å². The molecule has 0 aliphatic carbocycles. The first kappa shape index (κ1) is 14.5. The molecular weight excluding hydrogens is 292 g/mol. The highest BCUT2D eigenvalue weighted by molar-refractivity contribution is 7.99. The Balaban J connectivity index is 1.77. The first-order valence-corrected chi connectivity index (χ1v) is 9.65. The lowest BCUT2D eigenvalue weighted by atomic mass is 9.97. The number of thioether (sulfide) groups is 1. The summed E-state index contributed by atoms with van der Waals surface area (Å²) in [4.78, 5) is 12.2. The van der Waals surface area contributed by atoms with Crippen LogP contribution in [0, 0.1) is 0 Å². The van der Waals surface area contributed by atoms with Crippen molar-refractivity contribution in [3.8, 4) is 0 Å². The van der Waals surface area contributed by atoms with Crippen molar-refractivity contribution in [2.24, 2.45) is 0 Å². The van der Waals surface area contributed by atoms with Crippen LogP contribution >= 0.6 is 11.8 Å². The summed E-state index contributed by atoms with van der Waals surface area (Å²) in [6, 6.07) is 4.70. The van der Waals surface area contributed by atoms with E-state index in [4.69, 9.17) is 4.98 Å². The van der Waals surface area contributed by atoms with Gasteiger partial charge in [-0.15, -0.1) is 0 Å². The second kappa shape index (κ2) is 6.20. The summed E-state index contributed by atoms with van der Waals surface area (Å²) in [7, 11) is 0. The standard InChI is InChI=1S/C17H24N4S/c1-2-20-9-4-5-13(11-20)16-19-15-6-3-8-18-17(15)21(16)14-7-10-22-12-14/h3,6,8,13-14H,2,4-5,7,9-12H2,1H3. The molecule has 0 spiro atoms. The molecule has 22 heavy (non-hydrogen) atoms. The zero-order chi connectivity index (χ0) is 14.9.